The number of aromatic nitrogens is 2. The monoisotopic (exact) mass is 279 g/mol. The highest BCUT2D eigenvalue weighted by Gasteiger charge is 2.11. The number of aryl methyl sites for hydroxylation is 2. The van der Waals surface area contributed by atoms with Crippen molar-refractivity contribution >= 4 is 16.5 Å². The molecular formula is C14H21N3OS. The lowest BCUT2D eigenvalue weighted by molar-refractivity contribution is 0.676. The molecule has 2 rings (SSSR count). The molecule has 0 aliphatic carbocycles. The first kappa shape index (κ1) is 15.4. The van der Waals surface area contributed by atoms with Crippen molar-refractivity contribution in [3.63, 3.8) is 0 Å². The van der Waals surface area contributed by atoms with Gasteiger partial charge in [-0.3, -0.25) is 4.21 Å². The molecule has 1 heterocycles. The Kier molecular flexibility index (Phi) is 5.30. The van der Waals surface area contributed by atoms with E-state index in [1.807, 2.05) is 23.6 Å². The van der Waals surface area contributed by atoms with Crippen molar-refractivity contribution in [3.8, 4) is 0 Å². The smallest absolute Gasteiger partial charge is 0.0951 e. The summed E-state index contributed by atoms with van der Waals surface area (Å²) in [5, 5.41) is 0. The number of hydrogen-bond donors (Lipinski definition) is 1. The van der Waals surface area contributed by atoms with Crippen LogP contribution in [0, 0.1) is 6.92 Å². The van der Waals surface area contributed by atoms with Crippen LogP contribution in [0.5, 0.6) is 0 Å². The zero-order chi connectivity index (χ0) is 13.1. The fraction of sp³-hybridized carbons (Fsp3) is 0.357. The first-order valence-corrected chi connectivity index (χ1v) is 7.18. The first-order chi connectivity index (χ1) is 8.61. The van der Waals surface area contributed by atoms with Gasteiger partial charge in [-0.15, -0.1) is 0 Å². The van der Waals surface area contributed by atoms with Crippen LogP contribution in [0.15, 0.2) is 35.5 Å². The molecule has 0 radical (unpaired) electrons. The highest BCUT2D eigenvalue weighted by atomic mass is 32.2. The van der Waals surface area contributed by atoms with E-state index >= 15 is 0 Å². The van der Waals surface area contributed by atoms with Crippen LogP contribution < -0.4 is 5.73 Å². The van der Waals surface area contributed by atoms with E-state index in [2.05, 4.69) is 11.9 Å². The van der Waals surface area contributed by atoms with Gasteiger partial charge in [0.25, 0.3) is 0 Å². The van der Waals surface area contributed by atoms with Crippen LogP contribution in [-0.2, 0) is 23.1 Å². The summed E-state index contributed by atoms with van der Waals surface area (Å²) in [5.74, 6) is 0.490. The predicted octanol–water partition coefficient (Wildman–Crippen LogP) is 2.74. The summed E-state index contributed by atoms with van der Waals surface area (Å²) in [6.45, 7) is 4.84. The molecule has 0 aliphatic heterocycles. The Bertz CT molecular complexity index is 561. The van der Waals surface area contributed by atoms with Crippen molar-refractivity contribution in [2.24, 2.45) is 0 Å². The number of nitrogens with zero attached hydrogens (tertiary/aromatic N) is 2. The van der Waals surface area contributed by atoms with Crippen molar-refractivity contribution in [1.82, 2.24) is 9.55 Å². The lowest BCUT2D eigenvalue weighted by Gasteiger charge is -2.07. The molecule has 1 aromatic carbocycles. The number of imidazole rings is 1. The van der Waals surface area contributed by atoms with Gasteiger partial charge in [0.05, 0.1) is 34.3 Å². The van der Waals surface area contributed by atoms with Crippen LogP contribution in [0.3, 0.4) is 0 Å². The van der Waals surface area contributed by atoms with Crippen molar-refractivity contribution in [2.45, 2.75) is 38.5 Å². The summed E-state index contributed by atoms with van der Waals surface area (Å²) in [6, 6.07) is 7.18. The Hall–Kier alpha value is -1.62. The second kappa shape index (κ2) is 6.52. The second-order valence-electron chi connectivity index (χ2n) is 4.12. The van der Waals surface area contributed by atoms with Crippen LogP contribution in [0.2, 0.25) is 0 Å². The number of hydrogen-bond acceptors (Lipinski definition) is 3. The lowest BCUT2D eigenvalue weighted by atomic mass is 10.3. The molecule has 0 spiro atoms. The Morgan fingerprint density at radius 2 is 1.95 bits per heavy atom. The van der Waals surface area contributed by atoms with E-state index in [1.54, 1.807) is 18.5 Å². The Morgan fingerprint density at radius 3 is 2.53 bits per heavy atom. The van der Waals surface area contributed by atoms with E-state index in [4.69, 9.17) is 5.73 Å². The topological polar surface area (TPSA) is 60.9 Å². The summed E-state index contributed by atoms with van der Waals surface area (Å²) in [5.41, 5.74) is 8.29. The minimum absolute atomic E-state index is 0. The van der Waals surface area contributed by atoms with E-state index in [0.29, 0.717) is 11.4 Å². The highest BCUT2D eigenvalue weighted by molar-refractivity contribution is 7.84. The van der Waals surface area contributed by atoms with Gasteiger partial charge in [0, 0.05) is 17.1 Å². The fourth-order valence-electron chi connectivity index (χ4n) is 1.80. The largest absolute Gasteiger partial charge is 0.399 e. The van der Waals surface area contributed by atoms with Crippen LogP contribution >= 0.6 is 0 Å². The summed E-state index contributed by atoms with van der Waals surface area (Å²) in [6.07, 6.45) is 1.80. The third-order valence-corrected chi connectivity index (χ3v) is 4.24. The van der Waals surface area contributed by atoms with Gasteiger partial charge < -0.3 is 10.3 Å². The molecule has 104 valence electrons. The maximum atomic E-state index is 12.3. The van der Waals surface area contributed by atoms with Crippen molar-refractivity contribution in [1.29, 1.82) is 0 Å². The summed E-state index contributed by atoms with van der Waals surface area (Å²) >= 11 is 0. The maximum absolute atomic E-state index is 12.3. The lowest BCUT2D eigenvalue weighted by Crippen LogP contribution is -2.05. The van der Waals surface area contributed by atoms with Gasteiger partial charge >= 0.3 is 0 Å². The van der Waals surface area contributed by atoms with E-state index < -0.39 is 10.8 Å². The van der Waals surface area contributed by atoms with Gasteiger partial charge in [-0.1, -0.05) is 7.43 Å². The van der Waals surface area contributed by atoms with E-state index in [9.17, 15) is 4.21 Å². The highest BCUT2D eigenvalue weighted by Crippen LogP contribution is 2.16. The van der Waals surface area contributed by atoms with Crippen LogP contribution in [0.4, 0.5) is 5.69 Å². The molecule has 0 aliphatic rings. The van der Waals surface area contributed by atoms with Gasteiger partial charge in [0.2, 0.25) is 0 Å². The van der Waals surface area contributed by atoms with Crippen molar-refractivity contribution in [3.05, 3.63) is 42.0 Å². The SMILES string of the molecule is C.CCn1cnc(C)c1C[S@](=O)c1ccc(N)cc1. The third kappa shape index (κ3) is 3.44. The molecule has 0 unspecified atom stereocenters. The standard InChI is InChI=1S/C13H17N3OS.CH4/c1-3-16-9-15-10(2)13(16)8-18(17)12-6-4-11(14)5-7-12;/h4-7,9H,3,8,14H2,1-2H3;1H4/t18-;/m0./s1. The number of nitrogens with two attached hydrogens (primary N) is 1. The minimum atomic E-state index is -1.06. The number of nitrogen functional groups attached to an aromatic ring is 1. The fourth-order valence-corrected chi connectivity index (χ4v) is 3.02. The molecule has 2 N–H and O–H groups in total. The zero-order valence-corrected chi connectivity index (χ0v) is 11.4. The van der Waals surface area contributed by atoms with Crippen LogP contribution in [-0.4, -0.2) is 13.8 Å². The Labute approximate surface area is 117 Å². The van der Waals surface area contributed by atoms with Crippen LogP contribution in [0.1, 0.15) is 25.7 Å². The second-order valence-corrected chi connectivity index (χ2v) is 5.57. The van der Waals surface area contributed by atoms with Gasteiger partial charge in [-0.05, 0) is 38.1 Å². The average molecular weight is 279 g/mol. The summed E-state index contributed by atoms with van der Waals surface area (Å²) in [7, 11) is -1.06. The Morgan fingerprint density at radius 1 is 1.32 bits per heavy atom. The van der Waals surface area contributed by atoms with Crippen molar-refractivity contribution < 1.29 is 4.21 Å². The van der Waals surface area contributed by atoms with Crippen LogP contribution in [0.25, 0.3) is 0 Å². The molecular weight excluding hydrogens is 258 g/mol. The molecule has 2 aromatic rings. The van der Waals surface area contributed by atoms with Gasteiger partial charge in [0.15, 0.2) is 0 Å². The molecule has 19 heavy (non-hydrogen) atoms. The normalized spacial score (nSPS) is 11.9. The summed E-state index contributed by atoms with van der Waals surface area (Å²) in [4.78, 5) is 5.06. The minimum Gasteiger partial charge on any atom is -0.399 e. The molecule has 0 bridgehead atoms. The molecule has 1 aromatic heterocycles. The molecule has 1 atom stereocenters. The van der Waals surface area contributed by atoms with E-state index in [-0.39, 0.29) is 7.43 Å². The number of anilines is 1. The maximum Gasteiger partial charge on any atom is 0.0951 e. The number of benzene rings is 1. The molecule has 0 saturated carbocycles. The molecule has 0 saturated heterocycles. The molecule has 0 amide bonds. The van der Waals surface area contributed by atoms with Gasteiger partial charge in [0.1, 0.15) is 0 Å². The third-order valence-electron chi connectivity index (χ3n) is 2.91. The average Bonchev–Trinajstić information content (AvgIpc) is 2.71. The first-order valence-electron chi connectivity index (χ1n) is 5.86. The Balaban J connectivity index is 0.00000180. The predicted molar refractivity (Wildman–Crippen MR) is 80.3 cm³/mol. The van der Waals surface area contributed by atoms with E-state index in [0.717, 1.165) is 22.8 Å². The quantitative estimate of drug-likeness (QED) is 0.875. The van der Waals surface area contributed by atoms with Gasteiger partial charge in [-0.25, -0.2) is 4.98 Å². The zero-order valence-electron chi connectivity index (χ0n) is 10.6. The number of rotatable bonds is 4. The molecule has 4 nitrogen and oxygen atoms in total. The summed E-state index contributed by atoms with van der Waals surface area (Å²) < 4.78 is 14.3. The van der Waals surface area contributed by atoms with E-state index in [1.165, 1.54) is 0 Å². The van der Waals surface area contributed by atoms with Gasteiger partial charge in [-0.2, -0.15) is 0 Å². The molecule has 0 fully saturated rings. The van der Waals surface area contributed by atoms with Crippen molar-refractivity contribution in [2.75, 3.05) is 5.73 Å². The molecule has 5 heteroatoms.